The summed E-state index contributed by atoms with van der Waals surface area (Å²) >= 11 is 0. The molecule has 7 heteroatoms. The molecule has 0 bridgehead atoms. The summed E-state index contributed by atoms with van der Waals surface area (Å²) in [5.74, 6) is 0.337. The van der Waals surface area contributed by atoms with Gasteiger partial charge in [0.05, 0.1) is 12.2 Å². The number of benzene rings is 1. The number of carbonyl (C=O) groups excluding carboxylic acids is 1. The van der Waals surface area contributed by atoms with E-state index in [0.717, 1.165) is 31.5 Å². The van der Waals surface area contributed by atoms with Crippen LogP contribution in [0, 0.1) is 0 Å². The van der Waals surface area contributed by atoms with Crippen molar-refractivity contribution in [1.82, 2.24) is 20.1 Å². The number of aromatic nitrogens is 3. The standard InChI is InChI=1S/C18H19N5O2/c24-17(16-7-10-23(22-16)15-2-1-8-19-12-15)21-14-5-3-13(4-6-14)18-20-9-11-25-18/h3-7,9-11,15,19H,1-2,8,12H2,(H,21,24). The molecule has 4 rings (SSSR count). The van der Waals surface area contributed by atoms with Crippen molar-refractivity contribution in [2.45, 2.75) is 18.9 Å². The van der Waals surface area contributed by atoms with Crippen molar-refractivity contribution >= 4 is 11.6 Å². The van der Waals surface area contributed by atoms with E-state index in [4.69, 9.17) is 4.42 Å². The highest BCUT2D eigenvalue weighted by atomic mass is 16.3. The molecule has 3 aromatic rings. The highest BCUT2D eigenvalue weighted by molar-refractivity contribution is 6.02. The zero-order valence-corrected chi connectivity index (χ0v) is 13.7. The molecule has 7 nitrogen and oxygen atoms in total. The largest absolute Gasteiger partial charge is 0.445 e. The smallest absolute Gasteiger partial charge is 0.276 e. The van der Waals surface area contributed by atoms with E-state index < -0.39 is 0 Å². The van der Waals surface area contributed by atoms with Crippen LogP contribution >= 0.6 is 0 Å². The van der Waals surface area contributed by atoms with E-state index in [0.29, 0.717) is 23.3 Å². The van der Waals surface area contributed by atoms with Gasteiger partial charge in [0.1, 0.15) is 6.26 Å². The lowest BCUT2D eigenvalue weighted by molar-refractivity contribution is 0.102. The van der Waals surface area contributed by atoms with Crippen LogP contribution in [-0.2, 0) is 0 Å². The minimum Gasteiger partial charge on any atom is -0.445 e. The Morgan fingerprint density at radius 1 is 1.28 bits per heavy atom. The predicted molar refractivity (Wildman–Crippen MR) is 93.3 cm³/mol. The maximum atomic E-state index is 12.4. The van der Waals surface area contributed by atoms with E-state index >= 15 is 0 Å². The first-order chi connectivity index (χ1) is 12.3. The maximum absolute atomic E-state index is 12.4. The molecule has 1 aliphatic rings. The number of rotatable bonds is 4. The van der Waals surface area contributed by atoms with E-state index in [-0.39, 0.29) is 5.91 Å². The molecule has 0 spiro atoms. The molecular weight excluding hydrogens is 318 g/mol. The molecular formula is C18H19N5O2. The SMILES string of the molecule is O=C(Nc1ccc(-c2ncco2)cc1)c1ccn(C2CCCNC2)n1. The number of nitrogens with one attached hydrogen (secondary N) is 2. The van der Waals surface area contributed by atoms with E-state index in [1.165, 1.54) is 6.26 Å². The fourth-order valence-corrected chi connectivity index (χ4v) is 2.98. The third-order valence-electron chi connectivity index (χ3n) is 4.31. The van der Waals surface area contributed by atoms with Gasteiger partial charge in [-0.05, 0) is 49.7 Å². The van der Waals surface area contributed by atoms with Crippen molar-refractivity contribution in [2.75, 3.05) is 18.4 Å². The zero-order chi connectivity index (χ0) is 17.1. The molecule has 2 aromatic heterocycles. The lowest BCUT2D eigenvalue weighted by atomic mass is 10.1. The number of hydrogen-bond donors (Lipinski definition) is 2. The molecule has 128 valence electrons. The summed E-state index contributed by atoms with van der Waals surface area (Å²) in [5, 5.41) is 10.6. The van der Waals surface area contributed by atoms with Crippen molar-refractivity contribution in [2.24, 2.45) is 0 Å². The molecule has 25 heavy (non-hydrogen) atoms. The topological polar surface area (TPSA) is 85.0 Å². The monoisotopic (exact) mass is 337 g/mol. The normalized spacial score (nSPS) is 17.4. The predicted octanol–water partition coefficient (Wildman–Crippen LogP) is 2.71. The van der Waals surface area contributed by atoms with Crippen molar-refractivity contribution in [3.8, 4) is 11.5 Å². The summed E-state index contributed by atoms with van der Waals surface area (Å²) in [4.78, 5) is 16.5. The minimum absolute atomic E-state index is 0.216. The van der Waals surface area contributed by atoms with E-state index in [9.17, 15) is 4.79 Å². The maximum Gasteiger partial charge on any atom is 0.276 e. The highest BCUT2D eigenvalue weighted by Gasteiger charge is 2.17. The minimum atomic E-state index is -0.216. The Kier molecular flexibility index (Phi) is 4.30. The van der Waals surface area contributed by atoms with Gasteiger partial charge in [-0.25, -0.2) is 4.98 Å². The van der Waals surface area contributed by atoms with E-state index in [1.807, 2.05) is 35.1 Å². The molecule has 1 unspecified atom stereocenters. The van der Waals surface area contributed by atoms with E-state index in [2.05, 4.69) is 20.7 Å². The molecule has 3 heterocycles. The Hall–Kier alpha value is -2.93. The zero-order valence-electron chi connectivity index (χ0n) is 13.7. The van der Waals surface area contributed by atoms with Crippen LogP contribution in [0.2, 0.25) is 0 Å². The third kappa shape index (κ3) is 3.46. The lowest BCUT2D eigenvalue weighted by Crippen LogP contribution is -2.32. The molecule has 0 saturated carbocycles. The van der Waals surface area contributed by atoms with Gasteiger partial charge in [-0.2, -0.15) is 5.10 Å². The summed E-state index contributed by atoms with van der Waals surface area (Å²) in [6, 6.07) is 9.42. The van der Waals surface area contributed by atoms with Gasteiger partial charge in [-0.1, -0.05) is 0 Å². The van der Waals surface area contributed by atoms with Crippen molar-refractivity contribution in [3.63, 3.8) is 0 Å². The Labute approximate surface area is 145 Å². The summed E-state index contributed by atoms with van der Waals surface area (Å²) in [7, 11) is 0. The van der Waals surface area contributed by atoms with Gasteiger partial charge in [0.15, 0.2) is 5.69 Å². The molecule has 1 saturated heterocycles. The fourth-order valence-electron chi connectivity index (χ4n) is 2.98. The molecule has 0 radical (unpaired) electrons. The first-order valence-corrected chi connectivity index (χ1v) is 8.37. The Morgan fingerprint density at radius 2 is 2.16 bits per heavy atom. The second kappa shape index (κ2) is 6.90. The number of nitrogens with zero attached hydrogens (tertiary/aromatic N) is 3. The van der Waals surface area contributed by atoms with Crippen molar-refractivity contribution < 1.29 is 9.21 Å². The summed E-state index contributed by atoms with van der Waals surface area (Å²) in [5.41, 5.74) is 1.98. The summed E-state index contributed by atoms with van der Waals surface area (Å²) in [6.07, 6.45) is 7.21. The average Bonchev–Trinajstić information content (AvgIpc) is 3.35. The van der Waals surface area contributed by atoms with Crippen molar-refractivity contribution in [1.29, 1.82) is 0 Å². The fraction of sp³-hybridized carbons (Fsp3) is 0.278. The first kappa shape index (κ1) is 15.6. The van der Waals surface area contributed by atoms with Crippen LogP contribution in [0.5, 0.6) is 0 Å². The Bertz CT molecular complexity index is 833. The van der Waals surface area contributed by atoms with Gasteiger partial charge in [-0.3, -0.25) is 9.48 Å². The summed E-state index contributed by atoms with van der Waals surface area (Å²) < 4.78 is 7.14. The second-order valence-corrected chi connectivity index (χ2v) is 6.05. The average molecular weight is 337 g/mol. The number of oxazole rings is 1. The van der Waals surface area contributed by atoms with Gasteiger partial charge < -0.3 is 15.1 Å². The van der Waals surface area contributed by atoms with E-state index in [1.54, 1.807) is 12.3 Å². The summed E-state index contributed by atoms with van der Waals surface area (Å²) in [6.45, 7) is 1.94. The van der Waals surface area contributed by atoms with Crippen molar-refractivity contribution in [3.05, 3.63) is 54.7 Å². The molecule has 0 aliphatic carbocycles. The Morgan fingerprint density at radius 3 is 2.88 bits per heavy atom. The van der Waals surface area contributed by atoms with Crippen LogP contribution in [0.15, 0.2) is 53.4 Å². The first-order valence-electron chi connectivity index (χ1n) is 8.37. The van der Waals surface area contributed by atoms with Gasteiger partial charge >= 0.3 is 0 Å². The van der Waals surface area contributed by atoms with Gasteiger partial charge in [0, 0.05) is 24.0 Å². The molecule has 1 aliphatic heterocycles. The molecule has 1 amide bonds. The number of hydrogen-bond acceptors (Lipinski definition) is 5. The quantitative estimate of drug-likeness (QED) is 0.764. The number of carbonyl (C=O) groups is 1. The highest BCUT2D eigenvalue weighted by Crippen LogP contribution is 2.20. The molecule has 2 N–H and O–H groups in total. The molecule has 1 fully saturated rings. The molecule has 1 atom stereocenters. The number of amides is 1. The number of piperidine rings is 1. The third-order valence-corrected chi connectivity index (χ3v) is 4.31. The van der Waals surface area contributed by atoms with Crippen LogP contribution in [-0.4, -0.2) is 33.8 Å². The van der Waals surface area contributed by atoms with Crippen LogP contribution in [0.3, 0.4) is 0 Å². The molecule has 1 aromatic carbocycles. The van der Waals surface area contributed by atoms with Gasteiger partial charge in [-0.15, -0.1) is 0 Å². The van der Waals surface area contributed by atoms with Gasteiger partial charge in [0.2, 0.25) is 5.89 Å². The lowest BCUT2D eigenvalue weighted by Gasteiger charge is -2.22. The van der Waals surface area contributed by atoms with Gasteiger partial charge in [0.25, 0.3) is 5.91 Å². The van der Waals surface area contributed by atoms with Crippen LogP contribution in [0.4, 0.5) is 5.69 Å². The van der Waals surface area contributed by atoms with Crippen LogP contribution < -0.4 is 10.6 Å². The van der Waals surface area contributed by atoms with Crippen LogP contribution in [0.1, 0.15) is 29.4 Å². The Balaban J connectivity index is 1.42. The number of anilines is 1. The second-order valence-electron chi connectivity index (χ2n) is 6.05. The van der Waals surface area contributed by atoms with Crippen LogP contribution in [0.25, 0.3) is 11.5 Å².